The van der Waals surface area contributed by atoms with Crippen molar-refractivity contribution in [2.45, 2.75) is 32.0 Å². The Hall–Kier alpha value is -2.24. The zero-order valence-corrected chi connectivity index (χ0v) is 10.5. The zero-order valence-electron chi connectivity index (χ0n) is 10.5. The van der Waals surface area contributed by atoms with Crippen LogP contribution in [0.1, 0.15) is 18.6 Å². The fourth-order valence-corrected chi connectivity index (χ4v) is 2.07. The lowest BCUT2D eigenvalue weighted by Crippen LogP contribution is -2.35. The molecule has 1 amide bonds. The number of carbonyl (C=O) groups excluding carboxylic acids is 1. The lowest BCUT2D eigenvalue weighted by Gasteiger charge is -2.21. The van der Waals surface area contributed by atoms with Gasteiger partial charge in [-0.05, 0) is 31.0 Å². The minimum atomic E-state index is 0.0435. The summed E-state index contributed by atoms with van der Waals surface area (Å²) in [5.41, 5.74) is 5.54. The summed E-state index contributed by atoms with van der Waals surface area (Å²) in [6, 6.07) is 5.74. The Morgan fingerprint density at radius 2 is 2.37 bits per heavy atom. The van der Waals surface area contributed by atoms with Crippen LogP contribution in [0.3, 0.4) is 0 Å². The molecule has 0 unspecified atom stereocenters. The van der Waals surface area contributed by atoms with E-state index in [1.165, 1.54) is 0 Å². The number of aromatic nitrogens is 2. The van der Waals surface area contributed by atoms with Crippen molar-refractivity contribution in [3.63, 3.8) is 0 Å². The fraction of sp³-hybridized carbons (Fsp3) is 0.385. The molecule has 0 spiro atoms. The third-order valence-electron chi connectivity index (χ3n) is 3.17. The molecule has 1 aliphatic carbocycles. The lowest BCUT2D eigenvalue weighted by molar-refractivity contribution is -0.133. The summed E-state index contributed by atoms with van der Waals surface area (Å²) in [6.45, 7) is 0.738. The largest absolute Gasteiger partial charge is 0.467 e. The maximum absolute atomic E-state index is 12.3. The average molecular weight is 260 g/mol. The second kappa shape index (κ2) is 4.79. The minimum Gasteiger partial charge on any atom is -0.467 e. The molecule has 1 saturated carbocycles. The second-order valence-electron chi connectivity index (χ2n) is 4.77. The first-order valence-corrected chi connectivity index (χ1v) is 6.33. The number of nitrogens with two attached hydrogens (primary N) is 1. The highest BCUT2D eigenvalue weighted by molar-refractivity contribution is 5.76. The van der Waals surface area contributed by atoms with E-state index >= 15 is 0 Å². The Bertz CT molecular complexity index is 557. The molecule has 0 aromatic carbocycles. The summed E-state index contributed by atoms with van der Waals surface area (Å²) >= 11 is 0. The van der Waals surface area contributed by atoms with Gasteiger partial charge in [-0.15, -0.1) is 0 Å². The number of amides is 1. The van der Waals surface area contributed by atoms with E-state index in [0.717, 1.165) is 18.6 Å². The molecule has 0 bridgehead atoms. The molecule has 2 aromatic rings. The van der Waals surface area contributed by atoms with E-state index in [2.05, 4.69) is 5.10 Å². The van der Waals surface area contributed by atoms with E-state index in [4.69, 9.17) is 10.2 Å². The van der Waals surface area contributed by atoms with Crippen molar-refractivity contribution in [1.82, 2.24) is 14.7 Å². The van der Waals surface area contributed by atoms with E-state index in [0.29, 0.717) is 18.4 Å². The number of hydrogen-bond acceptors (Lipinski definition) is 4. The van der Waals surface area contributed by atoms with Gasteiger partial charge in [-0.1, -0.05) is 0 Å². The Labute approximate surface area is 110 Å². The third kappa shape index (κ3) is 2.78. The summed E-state index contributed by atoms with van der Waals surface area (Å²) in [5.74, 6) is 1.28. The molecule has 3 rings (SSSR count). The van der Waals surface area contributed by atoms with Crippen molar-refractivity contribution in [3.05, 3.63) is 36.4 Å². The van der Waals surface area contributed by atoms with Crippen LogP contribution >= 0.6 is 0 Å². The number of carbonyl (C=O) groups is 1. The number of rotatable bonds is 5. The van der Waals surface area contributed by atoms with E-state index in [-0.39, 0.29) is 12.5 Å². The van der Waals surface area contributed by atoms with Gasteiger partial charge in [0, 0.05) is 12.2 Å². The first-order chi connectivity index (χ1) is 9.22. The van der Waals surface area contributed by atoms with Crippen LogP contribution in [0.2, 0.25) is 0 Å². The van der Waals surface area contributed by atoms with Gasteiger partial charge in [0.2, 0.25) is 5.91 Å². The van der Waals surface area contributed by atoms with Crippen LogP contribution in [0.15, 0.2) is 35.1 Å². The van der Waals surface area contributed by atoms with Gasteiger partial charge in [-0.3, -0.25) is 9.48 Å². The number of nitrogen functional groups attached to an aromatic ring is 1. The van der Waals surface area contributed by atoms with E-state index < -0.39 is 0 Å². The van der Waals surface area contributed by atoms with Crippen molar-refractivity contribution in [3.8, 4) is 0 Å². The molecule has 0 radical (unpaired) electrons. The average Bonchev–Trinajstić information content (AvgIpc) is 2.93. The van der Waals surface area contributed by atoms with E-state index in [1.54, 1.807) is 23.2 Å². The first-order valence-electron chi connectivity index (χ1n) is 6.33. The number of hydrogen-bond donors (Lipinski definition) is 1. The number of nitrogens with zero attached hydrogens (tertiary/aromatic N) is 3. The highest BCUT2D eigenvalue weighted by Gasteiger charge is 2.33. The Morgan fingerprint density at radius 1 is 1.53 bits per heavy atom. The van der Waals surface area contributed by atoms with Crippen molar-refractivity contribution in [2.75, 3.05) is 5.73 Å². The molecular weight excluding hydrogens is 244 g/mol. The van der Waals surface area contributed by atoms with Crippen LogP contribution in [0, 0.1) is 0 Å². The van der Waals surface area contributed by atoms with Crippen molar-refractivity contribution in [2.24, 2.45) is 0 Å². The molecule has 2 aromatic heterocycles. The van der Waals surface area contributed by atoms with Crippen molar-refractivity contribution >= 4 is 11.7 Å². The molecule has 0 saturated heterocycles. The van der Waals surface area contributed by atoms with Crippen LogP contribution in [0.25, 0.3) is 0 Å². The van der Waals surface area contributed by atoms with Gasteiger partial charge in [-0.2, -0.15) is 5.10 Å². The van der Waals surface area contributed by atoms with Crippen LogP contribution in [-0.2, 0) is 17.9 Å². The molecule has 2 N–H and O–H groups in total. The van der Waals surface area contributed by atoms with E-state index in [1.807, 2.05) is 17.0 Å². The maximum atomic E-state index is 12.3. The second-order valence-corrected chi connectivity index (χ2v) is 4.77. The van der Waals surface area contributed by atoms with Crippen LogP contribution in [-0.4, -0.2) is 26.6 Å². The summed E-state index contributed by atoms with van der Waals surface area (Å²) in [6.07, 6.45) is 5.46. The molecular formula is C13H16N4O2. The molecule has 6 heteroatoms. The quantitative estimate of drug-likeness (QED) is 0.877. The number of anilines is 1. The predicted molar refractivity (Wildman–Crippen MR) is 68.9 cm³/mol. The number of furan rings is 1. The van der Waals surface area contributed by atoms with Crippen molar-refractivity contribution in [1.29, 1.82) is 0 Å². The van der Waals surface area contributed by atoms with Crippen LogP contribution < -0.4 is 5.73 Å². The molecule has 0 aliphatic heterocycles. The van der Waals surface area contributed by atoms with Gasteiger partial charge in [-0.25, -0.2) is 0 Å². The van der Waals surface area contributed by atoms with Gasteiger partial charge >= 0.3 is 0 Å². The normalized spacial score (nSPS) is 14.5. The van der Waals surface area contributed by atoms with Gasteiger partial charge in [0.1, 0.15) is 18.1 Å². The highest BCUT2D eigenvalue weighted by atomic mass is 16.3. The molecule has 19 heavy (non-hydrogen) atoms. The van der Waals surface area contributed by atoms with Crippen molar-refractivity contribution < 1.29 is 9.21 Å². The standard InChI is InChI=1S/C13H16N4O2/c14-12-5-6-16(15-12)9-13(18)17(10-3-4-10)8-11-2-1-7-19-11/h1-2,5-7,10H,3-4,8-9H2,(H2,14,15). The Morgan fingerprint density at radius 3 is 2.95 bits per heavy atom. The molecule has 1 fully saturated rings. The maximum Gasteiger partial charge on any atom is 0.244 e. The highest BCUT2D eigenvalue weighted by Crippen LogP contribution is 2.28. The minimum absolute atomic E-state index is 0.0435. The summed E-state index contributed by atoms with van der Waals surface area (Å²) in [4.78, 5) is 14.2. The summed E-state index contributed by atoms with van der Waals surface area (Å²) < 4.78 is 6.87. The topological polar surface area (TPSA) is 77.3 Å². The van der Waals surface area contributed by atoms with Gasteiger partial charge in [0.25, 0.3) is 0 Å². The van der Waals surface area contributed by atoms with Crippen LogP contribution in [0.4, 0.5) is 5.82 Å². The Kier molecular flexibility index (Phi) is 2.98. The Balaban J connectivity index is 1.67. The predicted octanol–water partition coefficient (Wildman–Crippen LogP) is 1.25. The third-order valence-corrected chi connectivity index (χ3v) is 3.17. The molecule has 100 valence electrons. The molecule has 6 nitrogen and oxygen atoms in total. The molecule has 1 aliphatic rings. The molecule has 0 atom stereocenters. The smallest absolute Gasteiger partial charge is 0.244 e. The lowest BCUT2D eigenvalue weighted by atomic mass is 10.3. The fourth-order valence-electron chi connectivity index (χ4n) is 2.07. The van der Waals surface area contributed by atoms with Crippen LogP contribution in [0.5, 0.6) is 0 Å². The van der Waals surface area contributed by atoms with Gasteiger partial charge in [0.15, 0.2) is 0 Å². The molecule has 2 heterocycles. The first kappa shape index (κ1) is 11.8. The summed E-state index contributed by atoms with van der Waals surface area (Å²) in [7, 11) is 0. The summed E-state index contributed by atoms with van der Waals surface area (Å²) in [5, 5.41) is 4.03. The monoisotopic (exact) mass is 260 g/mol. The SMILES string of the molecule is Nc1ccn(CC(=O)N(Cc2ccco2)C2CC2)n1. The zero-order chi connectivity index (χ0) is 13.2. The van der Waals surface area contributed by atoms with Gasteiger partial charge < -0.3 is 15.1 Å². The van der Waals surface area contributed by atoms with E-state index in [9.17, 15) is 4.79 Å². The van der Waals surface area contributed by atoms with Gasteiger partial charge in [0.05, 0.1) is 12.8 Å².